The quantitative estimate of drug-likeness (QED) is 0.404. The average molecular weight is 421 g/mol. The summed E-state index contributed by atoms with van der Waals surface area (Å²) in [6.45, 7) is 9.64. The molecular formula is C16H28IN3O2. The first kappa shape index (κ1) is 20.8. The van der Waals surface area contributed by atoms with E-state index in [0.29, 0.717) is 12.6 Å². The minimum Gasteiger partial charge on any atom is -0.497 e. The van der Waals surface area contributed by atoms with Crippen LogP contribution in [0.25, 0.3) is 0 Å². The Morgan fingerprint density at radius 3 is 2.50 bits per heavy atom. The largest absolute Gasteiger partial charge is 0.497 e. The van der Waals surface area contributed by atoms with E-state index in [0.717, 1.165) is 24.0 Å². The van der Waals surface area contributed by atoms with Gasteiger partial charge in [-0.05, 0) is 39.8 Å². The third-order valence-corrected chi connectivity index (χ3v) is 2.65. The SMILES string of the molecule is CCNC(=NCC(C)Oc1cccc(OC)c1)NC(C)C.I. The van der Waals surface area contributed by atoms with Crippen molar-refractivity contribution in [3.8, 4) is 11.5 Å². The van der Waals surface area contributed by atoms with Crippen LogP contribution in [0.4, 0.5) is 0 Å². The maximum absolute atomic E-state index is 5.85. The van der Waals surface area contributed by atoms with Crippen molar-refractivity contribution in [2.24, 2.45) is 4.99 Å². The lowest BCUT2D eigenvalue weighted by Gasteiger charge is -2.17. The first-order chi connectivity index (χ1) is 10.0. The number of aliphatic imine (C=N–C) groups is 1. The molecule has 0 bridgehead atoms. The van der Waals surface area contributed by atoms with Gasteiger partial charge in [0.25, 0.3) is 0 Å². The lowest BCUT2D eigenvalue weighted by molar-refractivity contribution is 0.229. The minimum atomic E-state index is -0.0141. The molecule has 0 aliphatic carbocycles. The van der Waals surface area contributed by atoms with Gasteiger partial charge in [-0.25, -0.2) is 4.99 Å². The summed E-state index contributed by atoms with van der Waals surface area (Å²) in [5.41, 5.74) is 0. The molecule has 0 saturated carbocycles. The number of nitrogens with zero attached hydrogens (tertiary/aromatic N) is 1. The van der Waals surface area contributed by atoms with Crippen LogP contribution in [0.2, 0.25) is 0 Å². The Kier molecular flexibility index (Phi) is 10.8. The molecule has 1 aromatic carbocycles. The molecule has 0 aliphatic rings. The Labute approximate surface area is 150 Å². The van der Waals surface area contributed by atoms with Crippen molar-refractivity contribution in [1.82, 2.24) is 10.6 Å². The van der Waals surface area contributed by atoms with Gasteiger partial charge >= 0.3 is 0 Å². The highest BCUT2D eigenvalue weighted by atomic mass is 127. The van der Waals surface area contributed by atoms with Gasteiger partial charge < -0.3 is 20.1 Å². The highest BCUT2D eigenvalue weighted by Crippen LogP contribution is 2.19. The molecule has 0 spiro atoms. The highest BCUT2D eigenvalue weighted by Gasteiger charge is 2.06. The predicted octanol–water partition coefficient (Wildman–Crippen LogP) is 3.04. The van der Waals surface area contributed by atoms with Crippen molar-refractivity contribution in [2.45, 2.75) is 39.8 Å². The second-order valence-electron chi connectivity index (χ2n) is 5.13. The van der Waals surface area contributed by atoms with Crippen molar-refractivity contribution in [2.75, 3.05) is 20.2 Å². The van der Waals surface area contributed by atoms with E-state index in [1.807, 2.05) is 38.1 Å². The van der Waals surface area contributed by atoms with Crippen molar-refractivity contribution in [3.63, 3.8) is 0 Å². The summed E-state index contributed by atoms with van der Waals surface area (Å²) < 4.78 is 11.0. The molecule has 0 heterocycles. The van der Waals surface area contributed by atoms with E-state index in [-0.39, 0.29) is 30.1 Å². The first-order valence-electron chi connectivity index (χ1n) is 7.40. The maximum Gasteiger partial charge on any atom is 0.191 e. The minimum absolute atomic E-state index is 0. The summed E-state index contributed by atoms with van der Waals surface area (Å²) in [6.07, 6.45) is -0.0141. The maximum atomic E-state index is 5.85. The van der Waals surface area contributed by atoms with E-state index in [2.05, 4.69) is 29.5 Å². The normalized spacial score (nSPS) is 12.4. The standard InChI is InChI=1S/C16H27N3O2.HI/c1-6-17-16(19-12(2)3)18-11-13(4)21-15-9-7-8-14(10-15)20-5;/h7-10,12-13H,6,11H2,1-5H3,(H2,17,18,19);1H. The fourth-order valence-corrected chi connectivity index (χ4v) is 1.76. The Morgan fingerprint density at radius 1 is 1.23 bits per heavy atom. The number of guanidine groups is 1. The zero-order valence-electron chi connectivity index (χ0n) is 14.1. The van der Waals surface area contributed by atoms with Gasteiger partial charge in [0, 0.05) is 18.7 Å². The second-order valence-corrected chi connectivity index (χ2v) is 5.13. The number of hydrogen-bond donors (Lipinski definition) is 2. The third-order valence-electron chi connectivity index (χ3n) is 2.65. The summed E-state index contributed by atoms with van der Waals surface area (Å²) in [6, 6.07) is 7.94. The number of hydrogen-bond acceptors (Lipinski definition) is 3. The first-order valence-corrected chi connectivity index (χ1v) is 7.40. The molecule has 0 aliphatic heterocycles. The zero-order valence-corrected chi connectivity index (χ0v) is 16.4. The fourth-order valence-electron chi connectivity index (χ4n) is 1.76. The number of rotatable bonds is 7. The summed E-state index contributed by atoms with van der Waals surface area (Å²) in [5.74, 6) is 2.39. The Hall–Kier alpha value is -1.18. The molecule has 5 nitrogen and oxygen atoms in total. The van der Waals surface area contributed by atoms with Gasteiger partial charge in [0.15, 0.2) is 5.96 Å². The van der Waals surface area contributed by atoms with Crippen LogP contribution in [0.3, 0.4) is 0 Å². The Balaban J connectivity index is 0.00000441. The fraction of sp³-hybridized carbons (Fsp3) is 0.562. The van der Waals surface area contributed by atoms with Gasteiger partial charge in [-0.15, -0.1) is 24.0 Å². The van der Waals surface area contributed by atoms with E-state index in [1.54, 1.807) is 7.11 Å². The van der Waals surface area contributed by atoms with E-state index in [4.69, 9.17) is 9.47 Å². The van der Waals surface area contributed by atoms with E-state index >= 15 is 0 Å². The topological polar surface area (TPSA) is 54.9 Å². The van der Waals surface area contributed by atoms with Gasteiger partial charge in [0.1, 0.15) is 17.6 Å². The lowest BCUT2D eigenvalue weighted by Crippen LogP contribution is -2.41. The molecule has 0 saturated heterocycles. The van der Waals surface area contributed by atoms with Crippen LogP contribution in [0.15, 0.2) is 29.3 Å². The van der Waals surface area contributed by atoms with Gasteiger partial charge in [-0.3, -0.25) is 0 Å². The Morgan fingerprint density at radius 2 is 1.91 bits per heavy atom. The molecule has 0 aromatic heterocycles. The number of nitrogens with one attached hydrogen (secondary N) is 2. The van der Waals surface area contributed by atoms with Crippen LogP contribution in [0, 0.1) is 0 Å². The van der Waals surface area contributed by atoms with Crippen LogP contribution in [0.1, 0.15) is 27.7 Å². The lowest BCUT2D eigenvalue weighted by atomic mass is 10.3. The van der Waals surface area contributed by atoms with Crippen molar-refractivity contribution < 1.29 is 9.47 Å². The third kappa shape index (κ3) is 8.31. The molecule has 0 radical (unpaired) electrons. The summed E-state index contributed by atoms with van der Waals surface area (Å²) in [5, 5.41) is 6.50. The summed E-state index contributed by atoms with van der Waals surface area (Å²) >= 11 is 0. The van der Waals surface area contributed by atoms with Crippen LogP contribution < -0.4 is 20.1 Å². The van der Waals surface area contributed by atoms with E-state index in [9.17, 15) is 0 Å². The van der Waals surface area contributed by atoms with Gasteiger partial charge in [0.05, 0.1) is 13.7 Å². The average Bonchev–Trinajstić information content (AvgIpc) is 2.44. The molecule has 0 amide bonds. The van der Waals surface area contributed by atoms with Crippen LogP contribution in [-0.2, 0) is 0 Å². The molecular weight excluding hydrogens is 393 g/mol. The van der Waals surface area contributed by atoms with Crippen molar-refractivity contribution in [3.05, 3.63) is 24.3 Å². The van der Waals surface area contributed by atoms with Gasteiger partial charge in [-0.2, -0.15) is 0 Å². The molecule has 1 rings (SSSR count). The monoisotopic (exact) mass is 421 g/mol. The van der Waals surface area contributed by atoms with E-state index in [1.165, 1.54) is 0 Å². The number of methoxy groups -OCH3 is 1. The Bertz CT molecular complexity index is 453. The van der Waals surface area contributed by atoms with Gasteiger partial charge in [0.2, 0.25) is 0 Å². The summed E-state index contributed by atoms with van der Waals surface area (Å²) in [7, 11) is 1.65. The van der Waals surface area contributed by atoms with Gasteiger partial charge in [-0.1, -0.05) is 6.07 Å². The molecule has 1 aromatic rings. The van der Waals surface area contributed by atoms with Crippen LogP contribution in [0.5, 0.6) is 11.5 Å². The molecule has 1 atom stereocenters. The van der Waals surface area contributed by atoms with Crippen molar-refractivity contribution >= 4 is 29.9 Å². The van der Waals surface area contributed by atoms with E-state index < -0.39 is 0 Å². The van der Waals surface area contributed by atoms with Crippen LogP contribution >= 0.6 is 24.0 Å². The molecule has 126 valence electrons. The molecule has 0 fully saturated rings. The zero-order chi connectivity index (χ0) is 15.7. The predicted molar refractivity (Wildman–Crippen MR) is 103 cm³/mol. The molecule has 22 heavy (non-hydrogen) atoms. The molecule has 6 heteroatoms. The smallest absolute Gasteiger partial charge is 0.191 e. The second kappa shape index (κ2) is 11.4. The molecule has 2 N–H and O–H groups in total. The summed E-state index contributed by atoms with van der Waals surface area (Å²) in [4.78, 5) is 4.53. The number of ether oxygens (including phenoxy) is 2. The molecule has 1 unspecified atom stereocenters. The number of benzene rings is 1. The van der Waals surface area contributed by atoms with Crippen molar-refractivity contribution in [1.29, 1.82) is 0 Å². The van der Waals surface area contributed by atoms with Crippen LogP contribution in [-0.4, -0.2) is 38.3 Å². The number of halogens is 1. The highest BCUT2D eigenvalue weighted by molar-refractivity contribution is 14.0.